The number of nitriles is 1. The Morgan fingerprint density at radius 2 is 1.91 bits per heavy atom. The number of rotatable bonds is 8. The molecule has 23 heavy (non-hydrogen) atoms. The van der Waals surface area contributed by atoms with Crippen molar-refractivity contribution in [3.63, 3.8) is 0 Å². The molecule has 0 aliphatic carbocycles. The van der Waals surface area contributed by atoms with Gasteiger partial charge in [-0.25, -0.2) is 4.68 Å². The number of aliphatic hydroxyl groups is 2. The number of hydrogen-bond donors (Lipinski definition) is 2. The van der Waals surface area contributed by atoms with Crippen LogP contribution in [0.1, 0.15) is 18.3 Å². The van der Waals surface area contributed by atoms with Gasteiger partial charge in [-0.15, -0.1) is 5.10 Å². The van der Waals surface area contributed by atoms with Crippen LogP contribution in [0.2, 0.25) is 0 Å². The van der Waals surface area contributed by atoms with Crippen molar-refractivity contribution >= 4 is 0 Å². The molecule has 0 aliphatic heterocycles. The zero-order chi connectivity index (χ0) is 16.7. The number of nitrogens with zero attached hydrogens (tertiary/aromatic N) is 4. The molecule has 1 aromatic carbocycles. The fourth-order valence-corrected chi connectivity index (χ4v) is 1.92. The largest absolute Gasteiger partial charge is 0.494 e. The SMILES string of the molecule is CCOc1ccc(OCc2c(C#N)nnn2CC(O)CO)cc1. The highest BCUT2D eigenvalue weighted by atomic mass is 16.5. The molecular weight excluding hydrogens is 300 g/mol. The number of aliphatic hydroxyl groups excluding tert-OH is 2. The molecule has 1 heterocycles. The molecule has 2 rings (SSSR count). The molecule has 8 nitrogen and oxygen atoms in total. The monoisotopic (exact) mass is 318 g/mol. The van der Waals surface area contributed by atoms with E-state index < -0.39 is 12.7 Å². The predicted octanol–water partition coefficient (Wildman–Crippen LogP) is 0.481. The van der Waals surface area contributed by atoms with Crippen molar-refractivity contribution in [3.05, 3.63) is 35.7 Å². The lowest BCUT2D eigenvalue weighted by atomic mass is 10.3. The first kappa shape index (κ1) is 16.7. The summed E-state index contributed by atoms with van der Waals surface area (Å²) < 4.78 is 12.3. The van der Waals surface area contributed by atoms with Crippen LogP contribution in [0.5, 0.6) is 11.5 Å². The first-order valence-electron chi connectivity index (χ1n) is 7.15. The number of benzene rings is 1. The Kier molecular flexibility index (Phi) is 5.91. The second-order valence-electron chi connectivity index (χ2n) is 4.71. The van der Waals surface area contributed by atoms with Crippen molar-refractivity contribution in [2.45, 2.75) is 26.2 Å². The van der Waals surface area contributed by atoms with Gasteiger partial charge >= 0.3 is 0 Å². The van der Waals surface area contributed by atoms with E-state index in [0.29, 0.717) is 18.1 Å². The third-order valence-electron chi connectivity index (χ3n) is 3.05. The van der Waals surface area contributed by atoms with Gasteiger partial charge in [0.05, 0.1) is 25.9 Å². The van der Waals surface area contributed by atoms with E-state index in [1.807, 2.05) is 13.0 Å². The summed E-state index contributed by atoms with van der Waals surface area (Å²) in [6.07, 6.45) is -0.979. The fourth-order valence-electron chi connectivity index (χ4n) is 1.92. The third kappa shape index (κ3) is 4.42. The molecule has 0 bridgehead atoms. The van der Waals surface area contributed by atoms with Crippen molar-refractivity contribution in [3.8, 4) is 17.6 Å². The summed E-state index contributed by atoms with van der Waals surface area (Å²) >= 11 is 0. The van der Waals surface area contributed by atoms with Gasteiger partial charge in [-0.2, -0.15) is 5.26 Å². The summed E-state index contributed by atoms with van der Waals surface area (Å²) in [5.74, 6) is 1.35. The molecule has 122 valence electrons. The average Bonchev–Trinajstić information content (AvgIpc) is 2.96. The standard InChI is InChI=1S/C15H18N4O4/c1-2-22-12-3-5-13(6-4-12)23-10-15-14(7-16)17-18-19(15)8-11(21)9-20/h3-6,11,20-21H,2,8-10H2,1H3. The zero-order valence-corrected chi connectivity index (χ0v) is 12.7. The minimum atomic E-state index is -0.979. The van der Waals surface area contributed by atoms with Gasteiger partial charge in [-0.05, 0) is 31.2 Å². The number of hydrogen-bond acceptors (Lipinski definition) is 7. The van der Waals surface area contributed by atoms with E-state index in [1.54, 1.807) is 24.3 Å². The molecule has 1 aromatic heterocycles. The first-order valence-corrected chi connectivity index (χ1v) is 7.15. The molecule has 8 heteroatoms. The molecule has 0 spiro atoms. The van der Waals surface area contributed by atoms with E-state index in [2.05, 4.69) is 10.3 Å². The highest BCUT2D eigenvalue weighted by Gasteiger charge is 2.16. The van der Waals surface area contributed by atoms with Crippen molar-refractivity contribution < 1.29 is 19.7 Å². The van der Waals surface area contributed by atoms with E-state index in [-0.39, 0.29) is 18.8 Å². The molecule has 0 aliphatic rings. The summed E-state index contributed by atoms with van der Waals surface area (Å²) in [4.78, 5) is 0. The van der Waals surface area contributed by atoms with E-state index in [0.717, 1.165) is 5.75 Å². The molecule has 2 N–H and O–H groups in total. The molecule has 1 atom stereocenters. The van der Waals surface area contributed by atoms with E-state index >= 15 is 0 Å². The van der Waals surface area contributed by atoms with Crippen LogP contribution in [0.3, 0.4) is 0 Å². The quantitative estimate of drug-likeness (QED) is 0.727. The smallest absolute Gasteiger partial charge is 0.189 e. The van der Waals surface area contributed by atoms with E-state index in [4.69, 9.17) is 19.8 Å². The Morgan fingerprint density at radius 1 is 1.26 bits per heavy atom. The predicted molar refractivity (Wildman–Crippen MR) is 79.8 cm³/mol. The topological polar surface area (TPSA) is 113 Å². The summed E-state index contributed by atoms with van der Waals surface area (Å²) in [5.41, 5.74) is 0.565. The minimum Gasteiger partial charge on any atom is -0.494 e. The lowest BCUT2D eigenvalue weighted by Crippen LogP contribution is -2.22. The molecule has 2 aromatic rings. The van der Waals surface area contributed by atoms with Gasteiger partial charge < -0.3 is 19.7 Å². The minimum absolute atomic E-state index is 0.0349. The molecule has 1 unspecified atom stereocenters. The maximum atomic E-state index is 9.51. The van der Waals surface area contributed by atoms with Gasteiger partial charge in [0.2, 0.25) is 0 Å². The normalized spacial score (nSPS) is 11.7. The summed E-state index contributed by atoms with van der Waals surface area (Å²) in [6, 6.07) is 9.02. The maximum absolute atomic E-state index is 9.51. The van der Waals surface area contributed by atoms with E-state index in [9.17, 15) is 5.11 Å². The van der Waals surface area contributed by atoms with Crippen LogP contribution in [0.15, 0.2) is 24.3 Å². The second kappa shape index (κ2) is 8.12. The molecule has 0 fully saturated rings. The van der Waals surface area contributed by atoms with Gasteiger partial charge in [0.25, 0.3) is 0 Å². The molecular formula is C15H18N4O4. The van der Waals surface area contributed by atoms with Crippen molar-refractivity contribution in [2.75, 3.05) is 13.2 Å². The fraction of sp³-hybridized carbons (Fsp3) is 0.400. The lowest BCUT2D eigenvalue weighted by Gasteiger charge is -2.11. The van der Waals surface area contributed by atoms with Crippen LogP contribution in [0.4, 0.5) is 0 Å². The zero-order valence-electron chi connectivity index (χ0n) is 12.7. The number of ether oxygens (including phenoxy) is 2. The highest BCUT2D eigenvalue weighted by molar-refractivity contribution is 5.32. The highest BCUT2D eigenvalue weighted by Crippen LogP contribution is 2.19. The molecule has 0 radical (unpaired) electrons. The summed E-state index contributed by atoms with van der Waals surface area (Å²) in [6.45, 7) is 2.20. The van der Waals surface area contributed by atoms with E-state index in [1.165, 1.54) is 4.68 Å². The Morgan fingerprint density at radius 3 is 2.48 bits per heavy atom. The van der Waals surface area contributed by atoms with Crippen LogP contribution in [-0.4, -0.2) is 44.5 Å². The number of aromatic nitrogens is 3. The maximum Gasteiger partial charge on any atom is 0.189 e. The van der Waals surface area contributed by atoms with Gasteiger partial charge in [0.15, 0.2) is 5.69 Å². The third-order valence-corrected chi connectivity index (χ3v) is 3.05. The molecule has 0 amide bonds. The lowest BCUT2D eigenvalue weighted by molar-refractivity contribution is 0.0761. The molecule has 0 saturated heterocycles. The Hall–Kier alpha value is -2.63. The van der Waals surface area contributed by atoms with Crippen molar-refractivity contribution in [1.82, 2.24) is 15.0 Å². The van der Waals surface area contributed by atoms with Crippen LogP contribution < -0.4 is 9.47 Å². The average molecular weight is 318 g/mol. The van der Waals surface area contributed by atoms with Crippen molar-refractivity contribution in [2.24, 2.45) is 0 Å². The van der Waals surface area contributed by atoms with Gasteiger partial charge in [-0.3, -0.25) is 0 Å². The summed E-state index contributed by atoms with van der Waals surface area (Å²) in [7, 11) is 0. The Labute approximate surface area is 133 Å². The first-order chi connectivity index (χ1) is 11.2. The molecule has 0 saturated carbocycles. The van der Waals surface area contributed by atoms with Crippen LogP contribution in [-0.2, 0) is 13.2 Å². The Balaban J connectivity index is 2.07. The van der Waals surface area contributed by atoms with Gasteiger partial charge in [0, 0.05) is 0 Å². The van der Waals surface area contributed by atoms with Crippen LogP contribution in [0, 0.1) is 11.3 Å². The van der Waals surface area contributed by atoms with Gasteiger partial charge in [-0.1, -0.05) is 5.21 Å². The second-order valence-corrected chi connectivity index (χ2v) is 4.71. The van der Waals surface area contributed by atoms with Gasteiger partial charge in [0.1, 0.15) is 29.9 Å². The van der Waals surface area contributed by atoms with Crippen LogP contribution in [0.25, 0.3) is 0 Å². The van der Waals surface area contributed by atoms with Crippen LogP contribution >= 0.6 is 0 Å². The van der Waals surface area contributed by atoms with Crippen molar-refractivity contribution in [1.29, 1.82) is 5.26 Å². The Bertz CT molecular complexity index is 663. The summed E-state index contributed by atoms with van der Waals surface area (Å²) in [5, 5.41) is 35.0.